The lowest BCUT2D eigenvalue weighted by Gasteiger charge is -2.37. The second kappa shape index (κ2) is 4.76. The van der Waals surface area contributed by atoms with Gasteiger partial charge < -0.3 is 0 Å². The second-order valence-electron chi connectivity index (χ2n) is 5.45. The van der Waals surface area contributed by atoms with Crippen LogP contribution in [0, 0.1) is 0 Å². The Morgan fingerprint density at radius 2 is 1.56 bits per heavy atom. The predicted molar refractivity (Wildman–Crippen MR) is 70.6 cm³/mol. The Bertz CT molecular complexity index is 497. The van der Waals surface area contributed by atoms with Gasteiger partial charge in [0.15, 0.2) is 0 Å². The summed E-state index contributed by atoms with van der Waals surface area (Å²) in [6.07, 6.45) is 4.41. The molecule has 2 bridgehead atoms. The summed E-state index contributed by atoms with van der Waals surface area (Å²) in [4.78, 5) is 0. The van der Waals surface area contributed by atoms with Crippen LogP contribution in [0.5, 0.6) is 0 Å². The van der Waals surface area contributed by atoms with Gasteiger partial charge in [-0.25, -0.2) is 16.8 Å². The minimum atomic E-state index is -3.20. The zero-order valence-corrected chi connectivity index (χ0v) is 12.5. The highest BCUT2D eigenvalue weighted by atomic mass is 32.2. The predicted octanol–water partition coefficient (Wildman–Crippen LogP) is 0.766. The van der Waals surface area contributed by atoms with Gasteiger partial charge in [-0.15, -0.1) is 0 Å². The number of hydrogen-bond donors (Lipinski definition) is 0. The van der Waals surface area contributed by atoms with Gasteiger partial charge in [-0.05, 0) is 32.1 Å². The van der Waals surface area contributed by atoms with Crippen LogP contribution in [0.4, 0.5) is 0 Å². The van der Waals surface area contributed by atoms with Crippen LogP contribution in [0.25, 0.3) is 0 Å². The molecular weight excluding hydrogens is 274 g/mol. The van der Waals surface area contributed by atoms with Crippen molar-refractivity contribution >= 4 is 19.9 Å². The van der Waals surface area contributed by atoms with E-state index in [-0.39, 0.29) is 23.1 Å². The second-order valence-corrected chi connectivity index (χ2v) is 9.77. The number of sulfonamides is 1. The van der Waals surface area contributed by atoms with Gasteiger partial charge in [0.1, 0.15) is 9.84 Å². The summed E-state index contributed by atoms with van der Waals surface area (Å²) in [6, 6.07) is -0.194. The van der Waals surface area contributed by atoms with Crippen LogP contribution in [-0.2, 0) is 19.9 Å². The third kappa shape index (κ3) is 2.58. The third-order valence-electron chi connectivity index (χ3n) is 4.01. The highest BCUT2D eigenvalue weighted by Crippen LogP contribution is 2.40. The van der Waals surface area contributed by atoms with Crippen LogP contribution in [0.2, 0.25) is 0 Å². The van der Waals surface area contributed by atoms with Crippen molar-refractivity contribution in [3.8, 4) is 0 Å². The fourth-order valence-electron chi connectivity index (χ4n) is 3.25. The average Bonchev–Trinajstić information content (AvgIpc) is 2.49. The van der Waals surface area contributed by atoms with Crippen LogP contribution in [0.1, 0.15) is 39.0 Å². The number of nitrogens with zero attached hydrogens (tertiary/aromatic N) is 1. The molecule has 2 rings (SSSR count). The monoisotopic (exact) mass is 295 g/mol. The molecule has 2 heterocycles. The van der Waals surface area contributed by atoms with E-state index < -0.39 is 19.9 Å². The SMILES string of the molecule is CCCS(=O)(=O)N1C2CCC1CC(S(C)(=O)=O)C2. The molecule has 106 valence electrons. The Morgan fingerprint density at radius 3 is 1.94 bits per heavy atom. The Labute approximate surface area is 110 Å². The molecule has 2 unspecified atom stereocenters. The van der Waals surface area contributed by atoms with Crippen molar-refractivity contribution in [3.63, 3.8) is 0 Å². The van der Waals surface area contributed by atoms with E-state index in [4.69, 9.17) is 0 Å². The Balaban J connectivity index is 2.21. The summed E-state index contributed by atoms with van der Waals surface area (Å²) in [7, 11) is -6.25. The molecule has 0 aromatic heterocycles. The first kappa shape index (κ1) is 14.3. The molecule has 2 atom stereocenters. The highest BCUT2D eigenvalue weighted by molar-refractivity contribution is 7.91. The number of fused-ring (bicyclic) bond motifs is 2. The van der Waals surface area contributed by atoms with E-state index in [1.807, 2.05) is 6.92 Å². The van der Waals surface area contributed by atoms with Gasteiger partial charge in [-0.2, -0.15) is 4.31 Å². The first-order valence-electron chi connectivity index (χ1n) is 6.45. The van der Waals surface area contributed by atoms with Gasteiger partial charge in [-0.3, -0.25) is 0 Å². The van der Waals surface area contributed by atoms with Crippen molar-refractivity contribution in [2.24, 2.45) is 0 Å². The smallest absolute Gasteiger partial charge is 0.214 e. The first-order valence-corrected chi connectivity index (χ1v) is 10.0. The quantitative estimate of drug-likeness (QED) is 0.768. The van der Waals surface area contributed by atoms with Crippen molar-refractivity contribution in [1.29, 1.82) is 0 Å². The normalized spacial score (nSPS) is 33.8. The topological polar surface area (TPSA) is 71.5 Å². The molecule has 0 N–H and O–H groups in total. The van der Waals surface area contributed by atoms with Crippen molar-refractivity contribution in [2.45, 2.75) is 56.4 Å². The van der Waals surface area contributed by atoms with E-state index in [1.54, 1.807) is 4.31 Å². The number of piperidine rings is 1. The fraction of sp³-hybridized carbons (Fsp3) is 1.00. The van der Waals surface area contributed by atoms with Crippen molar-refractivity contribution in [3.05, 3.63) is 0 Å². The lowest BCUT2D eigenvalue weighted by atomic mass is 10.1. The van der Waals surface area contributed by atoms with Gasteiger partial charge >= 0.3 is 0 Å². The summed E-state index contributed by atoms with van der Waals surface area (Å²) in [5.41, 5.74) is 0. The average molecular weight is 295 g/mol. The minimum Gasteiger partial charge on any atom is -0.229 e. The molecular formula is C11H21NO4S2. The van der Waals surface area contributed by atoms with E-state index in [0.29, 0.717) is 19.3 Å². The Kier molecular flexibility index (Phi) is 3.77. The molecule has 5 nitrogen and oxygen atoms in total. The lowest BCUT2D eigenvalue weighted by Crippen LogP contribution is -2.50. The van der Waals surface area contributed by atoms with E-state index in [9.17, 15) is 16.8 Å². The third-order valence-corrected chi connectivity index (χ3v) is 7.77. The van der Waals surface area contributed by atoms with E-state index in [2.05, 4.69) is 0 Å². The van der Waals surface area contributed by atoms with Gasteiger partial charge in [0.25, 0.3) is 0 Å². The zero-order valence-electron chi connectivity index (χ0n) is 10.9. The summed E-state index contributed by atoms with van der Waals surface area (Å²) < 4.78 is 49.2. The van der Waals surface area contributed by atoms with Crippen LogP contribution in [0.3, 0.4) is 0 Å². The molecule has 0 amide bonds. The molecule has 0 aromatic rings. The van der Waals surface area contributed by atoms with Crippen LogP contribution in [-0.4, -0.2) is 50.5 Å². The molecule has 2 fully saturated rings. The molecule has 2 aliphatic heterocycles. The number of hydrogen-bond acceptors (Lipinski definition) is 4. The first-order chi connectivity index (χ1) is 8.25. The van der Waals surface area contributed by atoms with Crippen LogP contribution >= 0.6 is 0 Å². The number of sulfone groups is 1. The lowest BCUT2D eigenvalue weighted by molar-refractivity contribution is 0.249. The molecule has 7 heteroatoms. The van der Waals surface area contributed by atoms with Crippen LogP contribution in [0.15, 0.2) is 0 Å². The van der Waals surface area contributed by atoms with Gasteiger partial charge in [0.2, 0.25) is 10.0 Å². The van der Waals surface area contributed by atoms with Gasteiger partial charge in [-0.1, -0.05) is 6.92 Å². The summed E-state index contributed by atoms with van der Waals surface area (Å²) >= 11 is 0. The zero-order chi connectivity index (χ0) is 13.6. The van der Waals surface area contributed by atoms with Gasteiger partial charge in [0.05, 0.1) is 11.0 Å². The maximum Gasteiger partial charge on any atom is 0.214 e. The maximum absolute atomic E-state index is 12.2. The maximum atomic E-state index is 12.2. The Morgan fingerprint density at radius 1 is 1.06 bits per heavy atom. The van der Waals surface area contributed by atoms with Crippen LogP contribution < -0.4 is 0 Å². The molecule has 18 heavy (non-hydrogen) atoms. The molecule has 2 aliphatic rings. The van der Waals surface area contributed by atoms with E-state index in [1.165, 1.54) is 6.26 Å². The largest absolute Gasteiger partial charge is 0.229 e. The fourth-order valence-corrected chi connectivity index (χ4v) is 6.41. The van der Waals surface area contributed by atoms with Crippen molar-refractivity contribution < 1.29 is 16.8 Å². The summed E-state index contributed by atoms with van der Waals surface area (Å²) in [6.45, 7) is 1.85. The van der Waals surface area contributed by atoms with E-state index in [0.717, 1.165) is 12.8 Å². The molecule has 2 saturated heterocycles. The molecule has 0 saturated carbocycles. The van der Waals surface area contributed by atoms with Gasteiger partial charge in [0, 0.05) is 18.3 Å². The Hall–Kier alpha value is -0.140. The van der Waals surface area contributed by atoms with Crippen molar-refractivity contribution in [2.75, 3.05) is 12.0 Å². The highest BCUT2D eigenvalue weighted by Gasteiger charge is 2.48. The minimum absolute atomic E-state index is 0.0972. The molecule has 0 aromatic carbocycles. The standard InChI is InChI=1S/C11H21NO4S2/c1-3-6-18(15,16)12-9-4-5-10(12)8-11(7-9)17(2,13)14/h9-11H,3-8H2,1-2H3. The van der Waals surface area contributed by atoms with Crippen molar-refractivity contribution in [1.82, 2.24) is 4.31 Å². The molecule has 0 spiro atoms. The molecule has 0 radical (unpaired) electrons. The summed E-state index contributed by atoms with van der Waals surface area (Å²) in [5.74, 6) is 0.170. The van der Waals surface area contributed by atoms with E-state index >= 15 is 0 Å². The number of rotatable bonds is 4. The molecule has 0 aliphatic carbocycles. The summed E-state index contributed by atoms with van der Waals surface area (Å²) in [5, 5.41) is -0.358.